The molecule has 6 heteroatoms. The Morgan fingerprint density at radius 1 is 1.47 bits per heavy atom. The van der Waals surface area contributed by atoms with Gasteiger partial charge in [-0.3, -0.25) is 24.6 Å². The lowest BCUT2D eigenvalue weighted by atomic mass is 10.0. The van der Waals surface area contributed by atoms with Crippen LogP contribution < -0.4 is 10.6 Å². The predicted octanol–water partition coefficient (Wildman–Crippen LogP) is -0.752. The number of hydrogen-bond acceptors (Lipinski definition) is 4. The molecule has 1 aliphatic heterocycles. The molecule has 96 valence electrons. The van der Waals surface area contributed by atoms with E-state index < -0.39 is 5.54 Å². The summed E-state index contributed by atoms with van der Waals surface area (Å²) in [5.41, 5.74) is -0.800. The van der Waals surface area contributed by atoms with Gasteiger partial charge in [0.1, 0.15) is 6.54 Å². The van der Waals surface area contributed by atoms with E-state index in [0.717, 1.165) is 4.90 Å². The standard InChI is InChI=1S/C11H19N3O3/c1-7(2)13-8(15)6-14-9(16)5-12-11(3,4)10(14)17/h7,12H,5-6H2,1-4H3,(H,13,15). The molecule has 1 heterocycles. The van der Waals surface area contributed by atoms with Crippen LogP contribution in [0.25, 0.3) is 0 Å². The molecule has 0 aromatic carbocycles. The molecule has 3 amide bonds. The summed E-state index contributed by atoms with van der Waals surface area (Å²) < 4.78 is 0. The van der Waals surface area contributed by atoms with Gasteiger partial charge in [0.05, 0.1) is 12.1 Å². The Morgan fingerprint density at radius 2 is 2.06 bits per heavy atom. The van der Waals surface area contributed by atoms with Crippen LogP contribution >= 0.6 is 0 Å². The van der Waals surface area contributed by atoms with Gasteiger partial charge in [-0.1, -0.05) is 0 Å². The fourth-order valence-electron chi connectivity index (χ4n) is 1.59. The van der Waals surface area contributed by atoms with Gasteiger partial charge in [-0.05, 0) is 27.7 Å². The topological polar surface area (TPSA) is 78.5 Å². The fraction of sp³-hybridized carbons (Fsp3) is 0.727. The molecule has 0 unspecified atom stereocenters. The van der Waals surface area contributed by atoms with E-state index in [1.54, 1.807) is 13.8 Å². The molecule has 0 radical (unpaired) electrons. The Labute approximate surface area is 101 Å². The lowest BCUT2D eigenvalue weighted by Crippen LogP contribution is -2.65. The average Bonchev–Trinajstić information content (AvgIpc) is 2.18. The number of piperazine rings is 1. The maximum absolute atomic E-state index is 11.9. The van der Waals surface area contributed by atoms with Crippen LogP contribution in [0.4, 0.5) is 0 Å². The van der Waals surface area contributed by atoms with Crippen molar-refractivity contribution < 1.29 is 14.4 Å². The molecule has 1 rings (SSSR count). The normalized spacial score (nSPS) is 19.7. The summed E-state index contributed by atoms with van der Waals surface area (Å²) >= 11 is 0. The second-order valence-electron chi connectivity index (χ2n) is 4.99. The van der Waals surface area contributed by atoms with Crippen molar-refractivity contribution in [3.05, 3.63) is 0 Å². The van der Waals surface area contributed by atoms with Gasteiger partial charge in [-0.15, -0.1) is 0 Å². The van der Waals surface area contributed by atoms with Crippen LogP contribution in [0, 0.1) is 0 Å². The maximum Gasteiger partial charge on any atom is 0.249 e. The van der Waals surface area contributed by atoms with E-state index in [-0.39, 0.29) is 36.9 Å². The highest BCUT2D eigenvalue weighted by molar-refractivity contribution is 6.05. The van der Waals surface area contributed by atoms with Crippen LogP contribution in [0.3, 0.4) is 0 Å². The first-order chi connectivity index (χ1) is 7.74. The lowest BCUT2D eigenvalue weighted by molar-refractivity contribution is -0.154. The van der Waals surface area contributed by atoms with Crippen molar-refractivity contribution in [2.45, 2.75) is 39.3 Å². The summed E-state index contributed by atoms with van der Waals surface area (Å²) in [6.45, 7) is 6.89. The summed E-state index contributed by atoms with van der Waals surface area (Å²) in [6, 6.07) is -0.0105. The smallest absolute Gasteiger partial charge is 0.249 e. The van der Waals surface area contributed by atoms with E-state index >= 15 is 0 Å². The number of hydrogen-bond donors (Lipinski definition) is 2. The van der Waals surface area contributed by atoms with Gasteiger partial charge in [0, 0.05) is 6.04 Å². The minimum Gasteiger partial charge on any atom is -0.352 e. The van der Waals surface area contributed by atoms with Crippen molar-refractivity contribution in [3.8, 4) is 0 Å². The first-order valence-electron chi connectivity index (χ1n) is 5.63. The fourth-order valence-corrected chi connectivity index (χ4v) is 1.59. The monoisotopic (exact) mass is 241 g/mol. The number of amides is 3. The van der Waals surface area contributed by atoms with Crippen LogP contribution in [-0.2, 0) is 14.4 Å². The molecule has 1 fully saturated rings. The SMILES string of the molecule is CC(C)NC(=O)CN1C(=O)CNC(C)(C)C1=O. The van der Waals surface area contributed by atoms with E-state index in [1.165, 1.54) is 0 Å². The van der Waals surface area contributed by atoms with Crippen molar-refractivity contribution in [1.82, 2.24) is 15.5 Å². The summed E-state index contributed by atoms with van der Waals surface area (Å²) in [6.07, 6.45) is 0. The number of carbonyl (C=O) groups excluding carboxylic acids is 3. The van der Waals surface area contributed by atoms with E-state index in [0.29, 0.717) is 0 Å². The molecular weight excluding hydrogens is 222 g/mol. The highest BCUT2D eigenvalue weighted by Gasteiger charge is 2.40. The van der Waals surface area contributed by atoms with Gasteiger partial charge in [0.2, 0.25) is 17.7 Å². The Bertz CT molecular complexity index is 350. The van der Waals surface area contributed by atoms with Crippen molar-refractivity contribution in [2.75, 3.05) is 13.1 Å². The third-order valence-electron chi connectivity index (χ3n) is 2.51. The Kier molecular flexibility index (Phi) is 3.87. The average molecular weight is 241 g/mol. The van der Waals surface area contributed by atoms with E-state index in [9.17, 15) is 14.4 Å². The van der Waals surface area contributed by atoms with E-state index in [1.807, 2.05) is 13.8 Å². The number of rotatable bonds is 3. The maximum atomic E-state index is 11.9. The minimum absolute atomic E-state index is 0.0105. The summed E-state index contributed by atoms with van der Waals surface area (Å²) in [7, 11) is 0. The van der Waals surface area contributed by atoms with Crippen molar-refractivity contribution >= 4 is 17.7 Å². The predicted molar refractivity (Wildman–Crippen MR) is 62.1 cm³/mol. The summed E-state index contributed by atoms with van der Waals surface area (Å²) in [5, 5.41) is 5.48. The third-order valence-corrected chi connectivity index (χ3v) is 2.51. The highest BCUT2D eigenvalue weighted by atomic mass is 16.2. The van der Waals surface area contributed by atoms with Crippen LogP contribution in [-0.4, -0.2) is 47.3 Å². The van der Waals surface area contributed by atoms with Gasteiger partial charge >= 0.3 is 0 Å². The first kappa shape index (κ1) is 13.6. The van der Waals surface area contributed by atoms with Gasteiger partial charge in [-0.2, -0.15) is 0 Å². The molecule has 0 atom stereocenters. The number of imide groups is 1. The van der Waals surface area contributed by atoms with Crippen molar-refractivity contribution in [1.29, 1.82) is 0 Å². The molecule has 17 heavy (non-hydrogen) atoms. The molecule has 6 nitrogen and oxygen atoms in total. The molecule has 1 saturated heterocycles. The highest BCUT2D eigenvalue weighted by Crippen LogP contribution is 2.12. The molecule has 0 spiro atoms. The van der Waals surface area contributed by atoms with Gasteiger partial charge in [0.15, 0.2) is 0 Å². The number of carbonyl (C=O) groups is 3. The molecule has 1 aliphatic rings. The van der Waals surface area contributed by atoms with Gasteiger partial charge < -0.3 is 5.32 Å². The van der Waals surface area contributed by atoms with E-state index in [2.05, 4.69) is 10.6 Å². The summed E-state index contributed by atoms with van der Waals surface area (Å²) in [5.74, 6) is -1.06. The molecular formula is C11H19N3O3. The molecule has 0 aromatic rings. The van der Waals surface area contributed by atoms with Gasteiger partial charge in [-0.25, -0.2) is 0 Å². The third kappa shape index (κ3) is 3.26. The van der Waals surface area contributed by atoms with Crippen molar-refractivity contribution in [3.63, 3.8) is 0 Å². The second-order valence-corrected chi connectivity index (χ2v) is 4.99. The number of nitrogens with one attached hydrogen (secondary N) is 2. The van der Waals surface area contributed by atoms with Crippen LogP contribution in [0.15, 0.2) is 0 Å². The Morgan fingerprint density at radius 3 is 2.59 bits per heavy atom. The Hall–Kier alpha value is -1.43. The molecule has 0 aromatic heterocycles. The Balaban J connectivity index is 2.71. The minimum atomic E-state index is -0.800. The molecule has 2 N–H and O–H groups in total. The second kappa shape index (κ2) is 4.83. The summed E-state index contributed by atoms with van der Waals surface area (Å²) in [4.78, 5) is 36.1. The first-order valence-corrected chi connectivity index (χ1v) is 5.63. The molecule has 0 aliphatic carbocycles. The van der Waals surface area contributed by atoms with Crippen molar-refractivity contribution in [2.24, 2.45) is 0 Å². The van der Waals surface area contributed by atoms with Crippen LogP contribution in [0.2, 0.25) is 0 Å². The lowest BCUT2D eigenvalue weighted by Gasteiger charge is -2.36. The molecule has 0 bridgehead atoms. The van der Waals surface area contributed by atoms with Crippen LogP contribution in [0.5, 0.6) is 0 Å². The zero-order valence-electron chi connectivity index (χ0n) is 10.7. The quantitative estimate of drug-likeness (QED) is 0.637. The molecule has 0 saturated carbocycles. The van der Waals surface area contributed by atoms with Crippen LogP contribution in [0.1, 0.15) is 27.7 Å². The largest absolute Gasteiger partial charge is 0.352 e. The number of nitrogens with zero attached hydrogens (tertiary/aromatic N) is 1. The zero-order valence-corrected chi connectivity index (χ0v) is 10.7. The zero-order chi connectivity index (χ0) is 13.2. The van der Waals surface area contributed by atoms with Gasteiger partial charge in [0.25, 0.3) is 0 Å². The van der Waals surface area contributed by atoms with E-state index in [4.69, 9.17) is 0 Å².